The molecule has 1 aromatic rings. The number of hydrogen-bond acceptors (Lipinski definition) is 2. The molecule has 0 aliphatic carbocycles. The first-order valence-electron chi connectivity index (χ1n) is 3.54. The third kappa shape index (κ3) is 2.80. The van der Waals surface area contributed by atoms with E-state index in [2.05, 4.69) is 0 Å². The molecule has 0 bridgehead atoms. The molecule has 2 nitrogen and oxygen atoms in total. The van der Waals surface area contributed by atoms with E-state index in [0.29, 0.717) is 5.75 Å². The fourth-order valence-electron chi connectivity index (χ4n) is 0.737. The molecule has 0 spiro atoms. The minimum atomic E-state index is -1.79. The lowest BCUT2D eigenvalue weighted by atomic mass is 10.3. The Kier molecular flexibility index (Phi) is 3.51. The van der Waals surface area contributed by atoms with Crippen molar-refractivity contribution < 1.29 is 9.30 Å². The van der Waals surface area contributed by atoms with Crippen molar-refractivity contribution in [1.82, 2.24) is 0 Å². The van der Waals surface area contributed by atoms with E-state index in [4.69, 9.17) is 16.0 Å². The topological polar surface area (TPSA) is 26.3 Å². The largest absolute Gasteiger partial charge is 0.499 e. The average molecular weight is 204 g/mol. The highest BCUT2D eigenvalue weighted by atomic mass is 35.7. The van der Waals surface area contributed by atoms with Gasteiger partial charge < -0.3 is 4.74 Å². The van der Waals surface area contributed by atoms with Crippen LogP contribution in [0.25, 0.3) is 0 Å². The molecule has 0 fully saturated rings. The van der Waals surface area contributed by atoms with Gasteiger partial charge in [-0.3, -0.25) is 0 Å². The highest BCUT2D eigenvalue weighted by Gasteiger charge is 2.24. The first-order chi connectivity index (χ1) is 5.70. The molecule has 0 aliphatic heterocycles. The zero-order chi connectivity index (χ0) is 8.97. The Morgan fingerprint density at radius 1 is 1.42 bits per heavy atom. The van der Waals surface area contributed by atoms with Crippen molar-refractivity contribution in [3.8, 4) is 5.75 Å². The maximum absolute atomic E-state index is 10.7. The van der Waals surface area contributed by atoms with Crippen LogP contribution in [0.5, 0.6) is 5.75 Å². The second-order valence-electron chi connectivity index (χ2n) is 2.30. The summed E-state index contributed by atoms with van der Waals surface area (Å²) < 4.78 is 16.0. The van der Waals surface area contributed by atoms with E-state index < -0.39 is 13.0 Å². The molecule has 0 saturated carbocycles. The summed E-state index contributed by atoms with van der Waals surface area (Å²) in [6, 6.07) is 9.18. The van der Waals surface area contributed by atoms with Gasteiger partial charge in [-0.05, 0) is 16.7 Å². The summed E-state index contributed by atoms with van der Waals surface area (Å²) in [6.45, 7) is 1.68. The van der Waals surface area contributed by atoms with Crippen LogP contribution in [0.1, 0.15) is 6.92 Å². The second kappa shape index (κ2) is 4.44. The molecule has 0 N–H and O–H groups in total. The predicted molar refractivity (Wildman–Crippen MR) is 50.0 cm³/mol. The molecular weight excluding hydrogens is 195 g/mol. The Morgan fingerprint density at radius 2 is 2.00 bits per heavy atom. The van der Waals surface area contributed by atoms with Crippen LogP contribution in [-0.2, 0) is 4.57 Å². The van der Waals surface area contributed by atoms with E-state index in [1.807, 2.05) is 18.2 Å². The van der Waals surface area contributed by atoms with Gasteiger partial charge in [-0.1, -0.05) is 18.2 Å². The summed E-state index contributed by atoms with van der Waals surface area (Å²) in [5.74, 6) is 0.248. The number of para-hydroxylation sites is 1. The van der Waals surface area contributed by atoms with Gasteiger partial charge in [0.05, 0.1) is 0 Å². The zero-order valence-electron chi connectivity index (χ0n) is 6.61. The van der Waals surface area contributed by atoms with Crippen molar-refractivity contribution in [3.63, 3.8) is 0 Å². The molecule has 0 radical (unpaired) electrons. The van der Waals surface area contributed by atoms with Gasteiger partial charge in [0.15, 0.2) is 0 Å². The molecule has 4 heteroatoms. The van der Waals surface area contributed by atoms with Crippen LogP contribution in [0.3, 0.4) is 0 Å². The van der Waals surface area contributed by atoms with Gasteiger partial charge in [0.25, 0.3) is 0 Å². The van der Waals surface area contributed by atoms with Crippen molar-refractivity contribution in [1.29, 1.82) is 0 Å². The first kappa shape index (κ1) is 9.50. The van der Waals surface area contributed by atoms with Crippen molar-refractivity contribution in [2.75, 3.05) is 0 Å². The van der Waals surface area contributed by atoms with E-state index in [1.54, 1.807) is 19.1 Å². The SMILES string of the molecule is CC(Oc1ccccc1)[P+](=O)Cl. The maximum Gasteiger partial charge on any atom is 0.499 e. The van der Waals surface area contributed by atoms with E-state index in [0.717, 1.165) is 0 Å². The number of rotatable bonds is 3. The predicted octanol–water partition coefficient (Wildman–Crippen LogP) is 3.39. The molecule has 64 valence electrons. The first-order valence-corrected chi connectivity index (χ1v) is 5.77. The lowest BCUT2D eigenvalue weighted by Gasteiger charge is -2.02. The molecule has 2 atom stereocenters. The Morgan fingerprint density at radius 3 is 2.50 bits per heavy atom. The van der Waals surface area contributed by atoms with Gasteiger partial charge in [0.1, 0.15) is 5.75 Å². The van der Waals surface area contributed by atoms with Crippen molar-refractivity contribution in [2.24, 2.45) is 0 Å². The van der Waals surface area contributed by atoms with Gasteiger partial charge >= 0.3 is 13.0 Å². The van der Waals surface area contributed by atoms with E-state index in [-0.39, 0.29) is 0 Å². The van der Waals surface area contributed by atoms with Gasteiger partial charge in [-0.2, -0.15) is 0 Å². The summed E-state index contributed by atoms with van der Waals surface area (Å²) in [5.41, 5.74) is 0. The van der Waals surface area contributed by atoms with Crippen molar-refractivity contribution in [2.45, 2.75) is 12.8 Å². The number of hydrogen-bond donors (Lipinski definition) is 0. The molecular formula is C8H9ClO2P+. The second-order valence-corrected chi connectivity index (χ2v) is 4.57. The Balaban J connectivity index is 2.58. The highest BCUT2D eigenvalue weighted by molar-refractivity contribution is 7.74. The molecule has 1 aromatic carbocycles. The van der Waals surface area contributed by atoms with Gasteiger partial charge in [0.2, 0.25) is 11.2 Å². The average Bonchev–Trinajstić information content (AvgIpc) is 2.06. The monoisotopic (exact) mass is 203 g/mol. The summed E-state index contributed by atoms with van der Waals surface area (Å²) in [5, 5.41) is 0. The standard InChI is InChI=1S/C8H9ClO2P/c1-7(12(9)10)11-8-5-3-2-4-6-8/h2-7H,1H3/q+1. The third-order valence-corrected chi connectivity index (χ3v) is 2.84. The van der Waals surface area contributed by atoms with Crippen LogP contribution in [0, 0.1) is 0 Å². The fourth-order valence-corrected chi connectivity index (χ4v) is 1.06. The normalized spacial score (nSPS) is 13.7. The summed E-state index contributed by atoms with van der Waals surface area (Å²) >= 11 is 5.36. The third-order valence-electron chi connectivity index (χ3n) is 1.34. The smallest absolute Gasteiger partial charge is 0.446 e. The Bertz CT molecular complexity index is 263. The van der Waals surface area contributed by atoms with Crippen LogP contribution in [0.2, 0.25) is 0 Å². The molecule has 1 rings (SSSR count). The van der Waals surface area contributed by atoms with Crippen molar-refractivity contribution >= 4 is 18.4 Å². The van der Waals surface area contributed by atoms with Gasteiger partial charge in [-0.25, -0.2) is 0 Å². The Labute approximate surface area is 77.1 Å². The summed E-state index contributed by atoms with van der Waals surface area (Å²) in [7, 11) is -1.79. The minimum Gasteiger partial charge on any atom is -0.446 e. The van der Waals surface area contributed by atoms with E-state index in [1.165, 1.54) is 0 Å². The lowest BCUT2D eigenvalue weighted by molar-refractivity contribution is 0.298. The molecule has 0 amide bonds. The van der Waals surface area contributed by atoms with E-state index >= 15 is 0 Å². The maximum atomic E-state index is 10.7. The summed E-state index contributed by atoms with van der Waals surface area (Å²) in [6.07, 6.45) is 0. The van der Waals surface area contributed by atoms with Crippen LogP contribution >= 0.6 is 18.4 Å². The summed E-state index contributed by atoms with van der Waals surface area (Å²) in [4.78, 5) is 0. The molecule has 0 aliphatic rings. The van der Waals surface area contributed by atoms with Crippen LogP contribution in [0.4, 0.5) is 0 Å². The van der Waals surface area contributed by atoms with Gasteiger partial charge in [0, 0.05) is 6.92 Å². The van der Waals surface area contributed by atoms with Crippen molar-refractivity contribution in [3.05, 3.63) is 30.3 Å². The number of benzene rings is 1. The Hall–Kier alpha value is -0.590. The van der Waals surface area contributed by atoms with E-state index in [9.17, 15) is 4.57 Å². The van der Waals surface area contributed by atoms with Gasteiger partial charge in [-0.15, -0.1) is 0 Å². The van der Waals surface area contributed by atoms with Crippen LogP contribution in [0.15, 0.2) is 30.3 Å². The minimum absolute atomic E-state index is 0.441. The van der Waals surface area contributed by atoms with Crippen LogP contribution in [-0.4, -0.2) is 5.85 Å². The lowest BCUT2D eigenvalue weighted by Crippen LogP contribution is -2.04. The molecule has 0 heterocycles. The molecule has 0 aromatic heterocycles. The molecule has 0 saturated heterocycles. The quantitative estimate of drug-likeness (QED) is 0.704. The fraction of sp³-hybridized carbons (Fsp3) is 0.250. The molecule has 12 heavy (non-hydrogen) atoms. The highest BCUT2D eigenvalue weighted by Crippen LogP contribution is 2.34. The molecule has 2 unspecified atom stereocenters. The number of ether oxygens (including phenoxy) is 1. The zero-order valence-corrected chi connectivity index (χ0v) is 8.26. The van der Waals surface area contributed by atoms with Crippen LogP contribution < -0.4 is 4.74 Å². The number of halogens is 1.